The average Bonchev–Trinajstić information content (AvgIpc) is 2.99. The molecule has 1 N–H and O–H groups in total. The fraction of sp³-hybridized carbons (Fsp3) is 0.176. The standard InChI is InChI=1S/C17H13ClN4OS/c18-12-3-1-10(2-4-12)13-6-7-19-16(23)14-15(13)24-17(22-14)11-5-8-20-21-9-11/h1-5,8-9,13H,6-7H2,(H,19,23). The first kappa shape index (κ1) is 15.2. The lowest BCUT2D eigenvalue weighted by Crippen LogP contribution is -2.23. The van der Waals surface area contributed by atoms with E-state index in [0.29, 0.717) is 17.3 Å². The second-order valence-electron chi connectivity index (χ2n) is 5.51. The first-order chi connectivity index (χ1) is 11.7. The van der Waals surface area contributed by atoms with Crippen molar-refractivity contribution in [3.8, 4) is 10.6 Å². The summed E-state index contributed by atoms with van der Waals surface area (Å²) in [5.41, 5.74) is 2.51. The van der Waals surface area contributed by atoms with Gasteiger partial charge >= 0.3 is 0 Å². The molecule has 24 heavy (non-hydrogen) atoms. The van der Waals surface area contributed by atoms with Gasteiger partial charge in [0.15, 0.2) is 0 Å². The number of aromatic nitrogens is 3. The third-order valence-electron chi connectivity index (χ3n) is 4.01. The minimum atomic E-state index is -0.119. The number of rotatable bonds is 2. The van der Waals surface area contributed by atoms with Crippen LogP contribution in [0.3, 0.4) is 0 Å². The number of benzene rings is 1. The Labute approximate surface area is 147 Å². The minimum absolute atomic E-state index is 0.119. The molecule has 3 heterocycles. The number of hydrogen-bond acceptors (Lipinski definition) is 5. The van der Waals surface area contributed by atoms with E-state index in [0.717, 1.165) is 27.4 Å². The van der Waals surface area contributed by atoms with Crippen molar-refractivity contribution in [3.63, 3.8) is 0 Å². The van der Waals surface area contributed by atoms with Gasteiger partial charge in [-0.05, 0) is 30.2 Å². The van der Waals surface area contributed by atoms with Gasteiger partial charge in [0.05, 0.1) is 12.4 Å². The highest BCUT2D eigenvalue weighted by Gasteiger charge is 2.29. The summed E-state index contributed by atoms with van der Waals surface area (Å²) < 4.78 is 0. The summed E-state index contributed by atoms with van der Waals surface area (Å²) in [5, 5.41) is 12.1. The van der Waals surface area contributed by atoms with Crippen LogP contribution in [0.15, 0.2) is 42.7 Å². The summed E-state index contributed by atoms with van der Waals surface area (Å²) in [7, 11) is 0. The van der Waals surface area contributed by atoms with Gasteiger partial charge in [-0.15, -0.1) is 11.3 Å². The van der Waals surface area contributed by atoms with E-state index in [1.165, 1.54) is 11.3 Å². The highest BCUT2D eigenvalue weighted by atomic mass is 35.5. The van der Waals surface area contributed by atoms with Crippen LogP contribution >= 0.6 is 22.9 Å². The molecule has 1 aromatic carbocycles. The van der Waals surface area contributed by atoms with Crippen molar-refractivity contribution in [3.05, 3.63) is 63.9 Å². The Bertz CT molecular complexity index is 879. The number of fused-ring (bicyclic) bond motifs is 1. The largest absolute Gasteiger partial charge is 0.351 e. The zero-order chi connectivity index (χ0) is 16.5. The fourth-order valence-electron chi connectivity index (χ4n) is 2.83. The topological polar surface area (TPSA) is 67.8 Å². The fourth-order valence-corrected chi connectivity index (χ4v) is 4.17. The Balaban J connectivity index is 1.82. The van der Waals surface area contributed by atoms with E-state index in [1.807, 2.05) is 30.3 Å². The Morgan fingerprint density at radius 3 is 2.75 bits per heavy atom. The molecule has 0 fully saturated rings. The molecule has 1 aliphatic heterocycles. The lowest BCUT2D eigenvalue weighted by Gasteiger charge is -2.14. The van der Waals surface area contributed by atoms with E-state index >= 15 is 0 Å². The number of nitrogens with zero attached hydrogens (tertiary/aromatic N) is 3. The quantitative estimate of drug-likeness (QED) is 0.762. The molecule has 1 amide bonds. The molecule has 0 aliphatic carbocycles. The van der Waals surface area contributed by atoms with Gasteiger partial charge in [0, 0.05) is 27.9 Å². The van der Waals surface area contributed by atoms with Crippen molar-refractivity contribution >= 4 is 28.8 Å². The molecule has 120 valence electrons. The van der Waals surface area contributed by atoms with Crippen molar-refractivity contribution in [1.29, 1.82) is 0 Å². The van der Waals surface area contributed by atoms with Gasteiger partial charge in [0.1, 0.15) is 10.7 Å². The SMILES string of the molecule is O=C1NCCC(c2ccc(Cl)cc2)c2sc(-c3ccnnc3)nc21. The first-order valence-corrected chi connectivity index (χ1v) is 8.73. The molecule has 0 saturated carbocycles. The van der Waals surface area contributed by atoms with Gasteiger partial charge in [0.25, 0.3) is 5.91 Å². The predicted octanol–water partition coefficient (Wildman–Crippen LogP) is 3.52. The molecule has 2 aromatic heterocycles. The first-order valence-electron chi connectivity index (χ1n) is 7.54. The molecule has 0 radical (unpaired) electrons. The molecular formula is C17H13ClN4OS. The van der Waals surface area contributed by atoms with E-state index in [2.05, 4.69) is 20.5 Å². The molecule has 1 atom stereocenters. The third kappa shape index (κ3) is 2.79. The zero-order valence-electron chi connectivity index (χ0n) is 12.6. The summed E-state index contributed by atoms with van der Waals surface area (Å²) >= 11 is 7.54. The monoisotopic (exact) mass is 356 g/mol. The summed E-state index contributed by atoms with van der Waals surface area (Å²) in [4.78, 5) is 17.9. The molecule has 0 bridgehead atoms. The molecule has 7 heteroatoms. The van der Waals surface area contributed by atoms with Crippen LogP contribution in [0.4, 0.5) is 0 Å². The smallest absolute Gasteiger partial charge is 0.271 e. The molecule has 1 aliphatic rings. The van der Waals surface area contributed by atoms with Gasteiger partial charge in [-0.25, -0.2) is 4.98 Å². The number of thiazole rings is 1. The number of amides is 1. The summed E-state index contributed by atoms with van der Waals surface area (Å²) in [5.74, 6) is 0.00300. The third-order valence-corrected chi connectivity index (χ3v) is 5.48. The second-order valence-corrected chi connectivity index (χ2v) is 6.98. The van der Waals surface area contributed by atoms with E-state index in [-0.39, 0.29) is 11.8 Å². The van der Waals surface area contributed by atoms with Crippen molar-refractivity contribution < 1.29 is 4.79 Å². The van der Waals surface area contributed by atoms with Crippen molar-refractivity contribution in [2.24, 2.45) is 0 Å². The number of nitrogens with one attached hydrogen (secondary N) is 1. The number of carbonyl (C=O) groups excluding carboxylic acids is 1. The molecule has 4 rings (SSSR count). The molecule has 5 nitrogen and oxygen atoms in total. The van der Waals surface area contributed by atoms with Gasteiger partial charge in [0.2, 0.25) is 0 Å². The van der Waals surface area contributed by atoms with Crippen LogP contribution in [0.2, 0.25) is 5.02 Å². The van der Waals surface area contributed by atoms with Crippen molar-refractivity contribution in [2.45, 2.75) is 12.3 Å². The van der Waals surface area contributed by atoms with E-state index < -0.39 is 0 Å². The molecule has 0 saturated heterocycles. The molecule has 3 aromatic rings. The van der Waals surface area contributed by atoms with Crippen LogP contribution in [0.1, 0.15) is 33.3 Å². The van der Waals surface area contributed by atoms with E-state index in [9.17, 15) is 4.79 Å². The van der Waals surface area contributed by atoms with Crippen LogP contribution in [0.5, 0.6) is 0 Å². The number of hydrogen-bond donors (Lipinski definition) is 1. The van der Waals surface area contributed by atoms with Crippen LogP contribution in [0, 0.1) is 0 Å². The highest BCUT2D eigenvalue weighted by molar-refractivity contribution is 7.15. The van der Waals surface area contributed by atoms with Crippen molar-refractivity contribution in [1.82, 2.24) is 20.5 Å². The Morgan fingerprint density at radius 1 is 1.17 bits per heavy atom. The molecular weight excluding hydrogens is 344 g/mol. The van der Waals surface area contributed by atoms with E-state index in [1.54, 1.807) is 12.4 Å². The maximum Gasteiger partial charge on any atom is 0.271 e. The van der Waals surface area contributed by atoms with Crippen molar-refractivity contribution in [2.75, 3.05) is 6.54 Å². The minimum Gasteiger partial charge on any atom is -0.351 e. The van der Waals surface area contributed by atoms with Crippen LogP contribution < -0.4 is 5.32 Å². The Kier molecular flexibility index (Phi) is 4.00. The second kappa shape index (κ2) is 6.30. The zero-order valence-corrected chi connectivity index (χ0v) is 14.1. The van der Waals surface area contributed by atoms with E-state index in [4.69, 9.17) is 11.6 Å². The van der Waals surface area contributed by atoms with Gasteiger partial charge in [-0.2, -0.15) is 10.2 Å². The molecule has 0 spiro atoms. The number of halogens is 1. The average molecular weight is 357 g/mol. The van der Waals surface area contributed by atoms with Crippen LogP contribution in [0.25, 0.3) is 10.6 Å². The molecule has 1 unspecified atom stereocenters. The summed E-state index contributed by atoms with van der Waals surface area (Å²) in [6, 6.07) is 9.64. The van der Waals surface area contributed by atoms with Crippen LogP contribution in [-0.2, 0) is 0 Å². The maximum atomic E-state index is 12.4. The highest BCUT2D eigenvalue weighted by Crippen LogP contribution is 2.39. The Morgan fingerprint density at radius 2 is 2.00 bits per heavy atom. The Hall–Kier alpha value is -2.31. The maximum absolute atomic E-state index is 12.4. The summed E-state index contributed by atoms with van der Waals surface area (Å²) in [6.45, 7) is 0.626. The lowest BCUT2D eigenvalue weighted by molar-refractivity contribution is 0.0952. The van der Waals surface area contributed by atoms with Gasteiger partial charge in [-0.1, -0.05) is 23.7 Å². The normalized spacial score (nSPS) is 17.0. The summed E-state index contributed by atoms with van der Waals surface area (Å²) in [6.07, 6.45) is 4.11. The lowest BCUT2D eigenvalue weighted by atomic mass is 9.94. The predicted molar refractivity (Wildman–Crippen MR) is 93.4 cm³/mol. The van der Waals surface area contributed by atoms with Gasteiger partial charge < -0.3 is 5.32 Å². The number of carbonyl (C=O) groups is 1. The van der Waals surface area contributed by atoms with Crippen LogP contribution in [-0.4, -0.2) is 27.6 Å². The van der Waals surface area contributed by atoms with Gasteiger partial charge in [-0.3, -0.25) is 4.79 Å².